The van der Waals surface area contributed by atoms with Crippen molar-refractivity contribution in [2.75, 3.05) is 32.9 Å². The molecule has 3 aromatic carbocycles. The van der Waals surface area contributed by atoms with Gasteiger partial charge in [0.1, 0.15) is 5.04 Å². The number of thioether (sulfide) groups is 1. The lowest BCUT2D eigenvalue weighted by Crippen LogP contribution is -2.26. The summed E-state index contributed by atoms with van der Waals surface area (Å²) in [5.41, 5.74) is 19.9. The van der Waals surface area contributed by atoms with Crippen molar-refractivity contribution >= 4 is 97.6 Å². The van der Waals surface area contributed by atoms with Crippen LogP contribution in [0.4, 0.5) is 11.4 Å². The summed E-state index contributed by atoms with van der Waals surface area (Å²) in [6, 6.07) is 30.9. The highest BCUT2D eigenvalue weighted by molar-refractivity contribution is 8.93. The van der Waals surface area contributed by atoms with E-state index in [4.69, 9.17) is 25.7 Å². The normalized spacial score (nSPS) is 16.6. The number of aliphatic imine (C=N–C) groups is 1. The van der Waals surface area contributed by atoms with Crippen LogP contribution in [-0.2, 0) is 18.6 Å². The third kappa shape index (κ3) is 12.5. The fourth-order valence-corrected chi connectivity index (χ4v) is 8.34. The topological polar surface area (TPSA) is 153 Å². The van der Waals surface area contributed by atoms with Crippen molar-refractivity contribution in [3.05, 3.63) is 144 Å². The second-order valence-electron chi connectivity index (χ2n) is 14.7. The molecule has 7 N–H and O–H groups in total. The van der Waals surface area contributed by atoms with Crippen LogP contribution in [0.3, 0.4) is 0 Å². The van der Waals surface area contributed by atoms with E-state index >= 15 is 0 Å². The quantitative estimate of drug-likeness (QED) is 0.0549. The molecule has 0 bridgehead atoms. The van der Waals surface area contributed by atoms with E-state index in [0.717, 1.165) is 35.5 Å². The Morgan fingerprint density at radius 2 is 1.32 bits per heavy atom. The van der Waals surface area contributed by atoms with Crippen molar-refractivity contribution in [3.63, 3.8) is 0 Å². The Morgan fingerprint density at radius 1 is 0.763 bits per heavy atom. The average molecular weight is 923 g/mol. The number of nitrogens with two attached hydrogens (primary N) is 2. The average Bonchev–Trinajstić information content (AvgIpc) is 4.08. The molecule has 2 atom stereocenters. The van der Waals surface area contributed by atoms with Crippen LogP contribution in [-0.4, -0.2) is 69.9 Å². The molecular weight excluding hydrogens is 867 g/mol. The molecule has 314 valence electrons. The lowest BCUT2D eigenvalue weighted by atomic mass is 10.0. The summed E-state index contributed by atoms with van der Waals surface area (Å²) in [6.07, 6.45) is 14.8. The monoisotopic (exact) mass is 920 g/mol. The summed E-state index contributed by atoms with van der Waals surface area (Å²) in [5.74, 6) is 2.43. The summed E-state index contributed by atoms with van der Waals surface area (Å²) in [7, 11) is 4.44. The van der Waals surface area contributed by atoms with Gasteiger partial charge in [-0.25, -0.2) is 4.99 Å². The molecular formula is C45H55BrCl2N8O2S. The molecule has 0 amide bonds. The van der Waals surface area contributed by atoms with Crippen molar-refractivity contribution in [2.45, 2.75) is 56.4 Å². The SMILES string of the molecule is Br.CN1CCC[C@@H]1Cc1c[nH]c2ccc(N)cc12.CN1CCC[C@@H]1Cc1c[nH]c2ccc(N=C(N)c3ccco3)cc12.Cl.Cl.N=C(SCc1ccccc1)c1ccco1. The number of benzene rings is 3. The Morgan fingerprint density at radius 3 is 1.86 bits per heavy atom. The zero-order chi connectivity index (χ0) is 38.9. The van der Waals surface area contributed by atoms with Crippen LogP contribution in [0.1, 0.15) is 53.9 Å². The van der Waals surface area contributed by atoms with Crippen LogP contribution < -0.4 is 11.5 Å². The number of rotatable bonds is 9. The highest BCUT2D eigenvalue weighted by atomic mass is 79.9. The van der Waals surface area contributed by atoms with Crippen molar-refractivity contribution in [2.24, 2.45) is 10.7 Å². The van der Waals surface area contributed by atoms with E-state index < -0.39 is 0 Å². The minimum atomic E-state index is 0. The number of hydrogen-bond donors (Lipinski definition) is 5. The molecule has 10 nitrogen and oxygen atoms in total. The molecule has 2 aliphatic rings. The molecule has 7 aromatic rings. The largest absolute Gasteiger partial charge is 0.462 e. The minimum Gasteiger partial charge on any atom is -0.462 e. The maximum atomic E-state index is 7.76. The summed E-state index contributed by atoms with van der Waals surface area (Å²) < 4.78 is 10.4. The number of fused-ring (bicyclic) bond motifs is 2. The predicted molar refractivity (Wildman–Crippen MR) is 257 cm³/mol. The van der Waals surface area contributed by atoms with Gasteiger partial charge in [0.2, 0.25) is 0 Å². The molecule has 6 heterocycles. The number of likely N-dealkylation sites (N-methyl/N-ethyl adjacent to an activating group) is 2. The number of nitrogen functional groups attached to an aromatic ring is 1. The Balaban J connectivity index is 0.000000197. The summed E-state index contributed by atoms with van der Waals surface area (Å²) in [6.45, 7) is 2.43. The van der Waals surface area contributed by atoms with Crippen molar-refractivity contribution in [1.82, 2.24) is 19.8 Å². The second-order valence-corrected chi connectivity index (χ2v) is 15.7. The van der Waals surface area contributed by atoms with Gasteiger partial charge in [-0.05, 0) is 143 Å². The fourth-order valence-electron chi connectivity index (χ4n) is 7.58. The number of amidine groups is 1. The van der Waals surface area contributed by atoms with E-state index in [1.807, 2.05) is 42.5 Å². The maximum Gasteiger partial charge on any atom is 0.168 e. The van der Waals surface area contributed by atoms with Crippen molar-refractivity contribution in [1.29, 1.82) is 5.41 Å². The first-order chi connectivity index (χ1) is 27.3. The van der Waals surface area contributed by atoms with E-state index in [1.165, 1.54) is 83.5 Å². The van der Waals surface area contributed by atoms with Gasteiger partial charge < -0.3 is 40.1 Å². The molecule has 9 rings (SSSR count). The molecule has 2 fully saturated rings. The second kappa shape index (κ2) is 22.8. The number of H-pyrrole nitrogens is 2. The van der Waals surface area contributed by atoms with E-state index in [1.54, 1.807) is 24.7 Å². The molecule has 2 saturated heterocycles. The molecule has 0 spiro atoms. The highest BCUT2D eigenvalue weighted by Crippen LogP contribution is 2.29. The van der Waals surface area contributed by atoms with E-state index in [2.05, 4.69) is 87.6 Å². The van der Waals surface area contributed by atoms with Crippen LogP contribution in [0.15, 0.2) is 130 Å². The van der Waals surface area contributed by atoms with Crippen molar-refractivity contribution in [3.8, 4) is 0 Å². The molecule has 4 aromatic heterocycles. The van der Waals surface area contributed by atoms with Gasteiger partial charge in [0.05, 0.1) is 18.2 Å². The van der Waals surface area contributed by atoms with Crippen molar-refractivity contribution < 1.29 is 8.83 Å². The number of likely N-dealkylation sites (tertiary alicyclic amines) is 2. The number of aromatic amines is 2. The van der Waals surface area contributed by atoms with E-state index in [0.29, 0.717) is 34.5 Å². The third-order valence-corrected chi connectivity index (χ3v) is 11.8. The smallest absolute Gasteiger partial charge is 0.168 e. The molecule has 0 aliphatic carbocycles. The number of nitrogens with one attached hydrogen (secondary N) is 3. The van der Waals surface area contributed by atoms with Gasteiger partial charge in [-0.3, -0.25) is 5.41 Å². The lowest BCUT2D eigenvalue weighted by molar-refractivity contribution is 0.310. The Kier molecular flexibility index (Phi) is 18.3. The Hall–Kier alpha value is -4.43. The van der Waals surface area contributed by atoms with Crippen LogP contribution >= 0.6 is 53.6 Å². The van der Waals surface area contributed by atoms with Gasteiger partial charge in [-0.15, -0.1) is 41.8 Å². The first-order valence-corrected chi connectivity index (χ1v) is 20.3. The number of anilines is 1. The maximum absolute atomic E-state index is 7.76. The number of halogens is 3. The molecule has 14 heteroatoms. The first kappa shape index (κ1) is 47.3. The third-order valence-electron chi connectivity index (χ3n) is 10.8. The van der Waals surface area contributed by atoms with Gasteiger partial charge in [0.25, 0.3) is 0 Å². The zero-order valence-electron chi connectivity index (χ0n) is 33.4. The van der Waals surface area contributed by atoms with Crippen LogP contribution in [0.2, 0.25) is 0 Å². The van der Waals surface area contributed by atoms with Gasteiger partial charge in [-0.2, -0.15) is 0 Å². The Bertz CT molecular complexity index is 2350. The molecule has 0 saturated carbocycles. The van der Waals surface area contributed by atoms with Crippen LogP contribution in [0.5, 0.6) is 0 Å². The van der Waals surface area contributed by atoms with E-state index in [9.17, 15) is 0 Å². The van der Waals surface area contributed by atoms with Gasteiger partial charge in [0.15, 0.2) is 17.4 Å². The van der Waals surface area contributed by atoms with Gasteiger partial charge in [0, 0.05) is 57.7 Å². The summed E-state index contributed by atoms with van der Waals surface area (Å²) in [5, 5.41) is 10.7. The zero-order valence-corrected chi connectivity index (χ0v) is 37.6. The predicted octanol–water partition coefficient (Wildman–Crippen LogP) is 10.8. The number of aromatic nitrogens is 2. The first-order valence-electron chi connectivity index (χ1n) is 19.3. The van der Waals surface area contributed by atoms with Crippen LogP contribution in [0.25, 0.3) is 21.8 Å². The molecule has 59 heavy (non-hydrogen) atoms. The number of furan rings is 2. The number of nitrogens with zero attached hydrogens (tertiary/aromatic N) is 3. The summed E-state index contributed by atoms with van der Waals surface area (Å²) >= 11 is 1.48. The minimum absolute atomic E-state index is 0. The standard InChI is InChI=1S/C19H22N4O.C14H19N3.C12H11NOS.BrH.2ClH/c1-23-8-2-4-15(23)10-13-12-21-17-7-6-14(11-16(13)17)22-19(20)18-5-3-9-24-18;1-17-6-2-3-12(17)7-10-9-16-14-5-4-11(15)8-13(10)14;13-12(11-7-4-8-14-11)15-9-10-5-2-1-3-6-10;;;/h3,5-7,9,11-12,15,21H,2,4,8,10H2,1H3,(H2,20,22);4-5,8-9,12,16H,2-3,6-7,15H2,1H3;1-8,13H,9H2;3*1H/t15-;12-;;;;/m11..../s1. The number of hydrogen-bond acceptors (Lipinski definition) is 8. The molecule has 0 unspecified atom stereocenters. The summed E-state index contributed by atoms with van der Waals surface area (Å²) in [4.78, 5) is 16.1. The van der Waals surface area contributed by atoms with Crippen LogP contribution in [0, 0.1) is 5.41 Å². The molecule has 2 aliphatic heterocycles. The van der Waals surface area contributed by atoms with Gasteiger partial charge >= 0.3 is 0 Å². The van der Waals surface area contributed by atoms with E-state index in [-0.39, 0.29) is 41.8 Å². The molecule has 0 radical (unpaired) electrons. The van der Waals surface area contributed by atoms with Gasteiger partial charge in [-0.1, -0.05) is 42.1 Å². The Labute approximate surface area is 373 Å². The lowest BCUT2D eigenvalue weighted by Gasteiger charge is -2.18. The fraction of sp³-hybridized carbons (Fsp3) is 0.289. The highest BCUT2D eigenvalue weighted by Gasteiger charge is 2.23.